The Kier molecular flexibility index (Phi) is 8.20. The van der Waals surface area contributed by atoms with E-state index >= 15 is 0 Å². The number of alkyl carbamates (subject to hydrolysis) is 1. The van der Waals surface area contributed by atoms with Crippen molar-refractivity contribution in [2.24, 2.45) is 11.8 Å². The molecule has 0 heterocycles. The first kappa shape index (κ1) is 20.9. The number of ketones is 1. The molecule has 0 bridgehead atoms. The minimum Gasteiger partial charge on any atom is -0.444 e. The van der Waals surface area contributed by atoms with Gasteiger partial charge < -0.3 is 15.2 Å². The molecule has 1 unspecified atom stereocenters. The van der Waals surface area contributed by atoms with Crippen molar-refractivity contribution < 1.29 is 19.4 Å². The van der Waals surface area contributed by atoms with E-state index in [4.69, 9.17) is 4.74 Å². The van der Waals surface area contributed by atoms with Gasteiger partial charge in [-0.15, -0.1) is 0 Å². The molecule has 0 spiro atoms. The van der Waals surface area contributed by atoms with Crippen LogP contribution in [0.5, 0.6) is 0 Å². The summed E-state index contributed by atoms with van der Waals surface area (Å²) in [4.78, 5) is 24.4. The third kappa shape index (κ3) is 8.13. The summed E-state index contributed by atoms with van der Waals surface area (Å²) < 4.78 is 5.30. The fourth-order valence-electron chi connectivity index (χ4n) is 3.26. The van der Waals surface area contributed by atoms with E-state index in [9.17, 15) is 14.7 Å². The van der Waals surface area contributed by atoms with Crippen LogP contribution in [-0.2, 0) is 9.53 Å². The number of amides is 1. The van der Waals surface area contributed by atoms with Gasteiger partial charge >= 0.3 is 6.09 Å². The number of ether oxygens (including phenoxy) is 1. The molecule has 5 nitrogen and oxygen atoms in total. The quantitative estimate of drug-likeness (QED) is 0.738. The molecule has 24 heavy (non-hydrogen) atoms. The first-order valence-electron chi connectivity index (χ1n) is 9.28. The first-order valence-corrected chi connectivity index (χ1v) is 9.28. The van der Waals surface area contributed by atoms with Gasteiger partial charge in [-0.05, 0) is 39.0 Å². The number of carbonyl (C=O) groups is 2. The molecule has 0 saturated heterocycles. The summed E-state index contributed by atoms with van der Waals surface area (Å²) in [5.74, 6) is 0.422. The van der Waals surface area contributed by atoms with Gasteiger partial charge in [0.2, 0.25) is 0 Å². The summed E-state index contributed by atoms with van der Waals surface area (Å²) in [6.45, 7) is 9.28. The largest absolute Gasteiger partial charge is 0.444 e. The van der Waals surface area contributed by atoms with Crippen LogP contribution in [0.2, 0.25) is 0 Å². The first-order chi connectivity index (χ1) is 11.1. The summed E-state index contributed by atoms with van der Waals surface area (Å²) in [6.07, 6.45) is 5.01. The highest BCUT2D eigenvalue weighted by atomic mass is 16.6. The van der Waals surface area contributed by atoms with Gasteiger partial charge in [-0.2, -0.15) is 0 Å². The Bertz CT molecular complexity index is 408. The maximum absolute atomic E-state index is 12.3. The van der Waals surface area contributed by atoms with Gasteiger partial charge in [0, 0.05) is 6.42 Å². The Morgan fingerprint density at radius 3 is 2.25 bits per heavy atom. The van der Waals surface area contributed by atoms with E-state index in [2.05, 4.69) is 5.32 Å². The zero-order valence-corrected chi connectivity index (χ0v) is 15.9. The Morgan fingerprint density at radius 1 is 1.17 bits per heavy atom. The molecule has 1 saturated carbocycles. The topological polar surface area (TPSA) is 75.6 Å². The average molecular weight is 341 g/mol. The van der Waals surface area contributed by atoms with Crippen molar-refractivity contribution in [2.45, 2.75) is 97.3 Å². The summed E-state index contributed by atoms with van der Waals surface area (Å²) >= 11 is 0. The Balaban J connectivity index is 2.73. The number of nitrogens with one attached hydrogen (secondary N) is 1. The average Bonchev–Trinajstić information content (AvgIpc) is 2.44. The van der Waals surface area contributed by atoms with E-state index in [1.807, 2.05) is 13.8 Å². The van der Waals surface area contributed by atoms with Crippen LogP contribution in [0.25, 0.3) is 0 Å². The molecule has 0 aromatic heterocycles. The molecule has 1 rings (SSSR count). The van der Waals surface area contributed by atoms with Gasteiger partial charge in [0.05, 0.1) is 6.04 Å². The van der Waals surface area contributed by atoms with Crippen molar-refractivity contribution in [1.29, 1.82) is 0 Å². The highest BCUT2D eigenvalue weighted by Crippen LogP contribution is 2.28. The molecule has 0 aromatic carbocycles. The van der Waals surface area contributed by atoms with Gasteiger partial charge in [-0.3, -0.25) is 4.79 Å². The van der Waals surface area contributed by atoms with E-state index in [0.717, 1.165) is 12.8 Å². The van der Waals surface area contributed by atoms with Crippen LogP contribution < -0.4 is 5.32 Å². The molecule has 1 fully saturated rings. The lowest BCUT2D eigenvalue weighted by Crippen LogP contribution is -2.49. The zero-order chi connectivity index (χ0) is 18.3. The van der Waals surface area contributed by atoms with E-state index in [1.54, 1.807) is 20.8 Å². The molecular weight excluding hydrogens is 306 g/mol. The Labute approximate surface area is 146 Å². The fraction of sp³-hybridized carbons (Fsp3) is 0.895. The molecule has 0 aliphatic heterocycles. The van der Waals surface area contributed by atoms with Crippen LogP contribution in [0.4, 0.5) is 4.79 Å². The third-order valence-corrected chi connectivity index (χ3v) is 4.33. The predicted molar refractivity (Wildman–Crippen MR) is 94.8 cm³/mol. The number of hydrogen-bond acceptors (Lipinski definition) is 4. The molecule has 1 amide bonds. The van der Waals surface area contributed by atoms with E-state index in [1.165, 1.54) is 19.3 Å². The molecule has 0 aromatic rings. The number of aliphatic hydroxyl groups is 1. The summed E-state index contributed by atoms with van der Waals surface area (Å²) in [7, 11) is 0. The fourth-order valence-corrected chi connectivity index (χ4v) is 3.26. The molecule has 140 valence electrons. The van der Waals surface area contributed by atoms with Crippen LogP contribution >= 0.6 is 0 Å². The van der Waals surface area contributed by atoms with Crippen molar-refractivity contribution in [2.75, 3.05) is 0 Å². The van der Waals surface area contributed by atoms with Crippen molar-refractivity contribution >= 4 is 11.9 Å². The highest BCUT2D eigenvalue weighted by molar-refractivity contribution is 5.84. The minimum atomic E-state index is -1.16. The number of rotatable bonds is 7. The van der Waals surface area contributed by atoms with Gasteiger partial charge in [0.25, 0.3) is 0 Å². The van der Waals surface area contributed by atoms with Crippen molar-refractivity contribution in [3.8, 4) is 0 Å². The van der Waals surface area contributed by atoms with Crippen molar-refractivity contribution in [3.05, 3.63) is 0 Å². The van der Waals surface area contributed by atoms with Crippen molar-refractivity contribution in [1.82, 2.24) is 5.32 Å². The SMILES string of the molecule is CC(C)CC(=O)C(O)[C@H](CC1CCCCC1)NC(=O)OC(C)(C)C. The van der Waals surface area contributed by atoms with Crippen molar-refractivity contribution in [3.63, 3.8) is 0 Å². The Hall–Kier alpha value is -1.10. The van der Waals surface area contributed by atoms with Gasteiger partial charge in [0.15, 0.2) is 5.78 Å². The standard InChI is InChI=1S/C19H35NO4/c1-13(2)11-16(21)17(22)15(12-14-9-7-6-8-10-14)20-18(23)24-19(3,4)5/h13-15,17,22H,6-12H2,1-5H3,(H,20,23)/t15-,17?/m0/s1. The smallest absolute Gasteiger partial charge is 0.407 e. The number of aliphatic hydroxyl groups excluding tert-OH is 1. The maximum Gasteiger partial charge on any atom is 0.407 e. The Morgan fingerprint density at radius 2 is 1.75 bits per heavy atom. The van der Waals surface area contributed by atoms with Gasteiger partial charge in [-0.1, -0.05) is 46.0 Å². The second kappa shape index (κ2) is 9.40. The van der Waals surface area contributed by atoms with Gasteiger partial charge in [-0.25, -0.2) is 4.79 Å². The summed E-state index contributed by atoms with van der Waals surface area (Å²) in [5.41, 5.74) is -0.605. The summed E-state index contributed by atoms with van der Waals surface area (Å²) in [5, 5.41) is 13.2. The van der Waals surface area contributed by atoms with Crippen LogP contribution in [0, 0.1) is 11.8 Å². The lowest BCUT2D eigenvalue weighted by molar-refractivity contribution is -0.129. The van der Waals surface area contributed by atoms with Gasteiger partial charge in [0.1, 0.15) is 11.7 Å². The third-order valence-electron chi connectivity index (χ3n) is 4.33. The molecular formula is C19H35NO4. The molecule has 0 radical (unpaired) electrons. The highest BCUT2D eigenvalue weighted by Gasteiger charge is 2.31. The zero-order valence-electron chi connectivity index (χ0n) is 15.9. The second-order valence-electron chi connectivity index (χ2n) is 8.50. The maximum atomic E-state index is 12.3. The van der Waals surface area contributed by atoms with Crippen LogP contribution in [0.1, 0.15) is 79.6 Å². The molecule has 2 atom stereocenters. The van der Waals surface area contributed by atoms with E-state index in [0.29, 0.717) is 18.8 Å². The number of carbonyl (C=O) groups excluding carboxylic acids is 2. The molecule has 2 N–H and O–H groups in total. The van der Waals surface area contributed by atoms with E-state index in [-0.39, 0.29) is 11.7 Å². The van der Waals surface area contributed by atoms with Crippen LogP contribution in [0.3, 0.4) is 0 Å². The molecule has 5 heteroatoms. The number of hydrogen-bond donors (Lipinski definition) is 2. The molecule has 1 aliphatic carbocycles. The van der Waals surface area contributed by atoms with Crippen LogP contribution in [-0.4, -0.2) is 34.7 Å². The monoisotopic (exact) mass is 341 g/mol. The van der Waals surface area contributed by atoms with Crippen LogP contribution in [0.15, 0.2) is 0 Å². The normalized spacial score (nSPS) is 19.0. The van der Waals surface area contributed by atoms with E-state index < -0.39 is 23.8 Å². The summed E-state index contributed by atoms with van der Waals surface area (Å²) in [6, 6.07) is -0.575. The number of Topliss-reactive ketones (excluding diaryl/α,β-unsaturated/α-hetero) is 1. The second-order valence-corrected chi connectivity index (χ2v) is 8.50. The lowest BCUT2D eigenvalue weighted by atomic mass is 9.83. The predicted octanol–water partition coefficient (Wildman–Crippen LogP) is 3.83. The lowest BCUT2D eigenvalue weighted by Gasteiger charge is -2.30. The molecule has 1 aliphatic rings. The minimum absolute atomic E-state index is 0.184.